The van der Waals surface area contributed by atoms with Crippen molar-refractivity contribution in [3.05, 3.63) is 35.6 Å². The summed E-state index contributed by atoms with van der Waals surface area (Å²) >= 11 is 9.35. The molecule has 0 saturated carbocycles. The molecule has 70 valence electrons. The third-order valence-corrected chi connectivity index (χ3v) is 1.88. The number of hydrogen-bond acceptors (Lipinski definition) is 2. The van der Waals surface area contributed by atoms with E-state index in [1.807, 2.05) is 0 Å². The van der Waals surface area contributed by atoms with Crippen molar-refractivity contribution in [1.82, 2.24) is 5.32 Å². The Morgan fingerprint density at radius 3 is 2.43 bits per heavy atom. The SMILES string of the molecule is Fc1ccc(CCNC(=S)[S-])cc1.[Na+]. The molecule has 1 aromatic rings. The molecule has 0 unspecified atom stereocenters. The smallest absolute Gasteiger partial charge is 0.412 e. The third-order valence-electron chi connectivity index (χ3n) is 1.60. The van der Waals surface area contributed by atoms with Crippen LogP contribution in [0.15, 0.2) is 24.3 Å². The van der Waals surface area contributed by atoms with E-state index in [1.165, 1.54) is 12.1 Å². The van der Waals surface area contributed by atoms with Crippen molar-refractivity contribution in [1.29, 1.82) is 0 Å². The molecular weight excluding hydrogens is 228 g/mol. The Kier molecular flexibility index (Phi) is 7.68. The number of thiocarbonyl (C=S) groups is 1. The number of nitrogens with one attached hydrogen (secondary N) is 1. The van der Waals surface area contributed by atoms with Crippen molar-refractivity contribution in [3.63, 3.8) is 0 Å². The Morgan fingerprint density at radius 1 is 1.36 bits per heavy atom. The van der Waals surface area contributed by atoms with E-state index in [-0.39, 0.29) is 35.4 Å². The molecule has 0 saturated heterocycles. The molecule has 0 heterocycles. The average molecular weight is 237 g/mol. The second-order valence-electron chi connectivity index (χ2n) is 2.59. The van der Waals surface area contributed by atoms with E-state index in [0.29, 0.717) is 10.9 Å². The molecule has 1 rings (SSSR count). The first-order chi connectivity index (χ1) is 6.18. The van der Waals surface area contributed by atoms with Crippen LogP contribution in [0.4, 0.5) is 4.39 Å². The summed E-state index contributed by atoms with van der Waals surface area (Å²) < 4.78 is 12.9. The standard InChI is InChI=1S/C9H10FNS2.Na/c10-8-3-1-7(2-4-8)5-6-11-9(12)13;/h1-4H,5-6H2,(H2,11,12,13);/q;+1/p-1. The average Bonchev–Trinajstić information content (AvgIpc) is 2.08. The maximum Gasteiger partial charge on any atom is 1.00 e. The molecule has 1 aromatic carbocycles. The van der Waals surface area contributed by atoms with E-state index < -0.39 is 0 Å². The fourth-order valence-electron chi connectivity index (χ4n) is 0.960. The van der Waals surface area contributed by atoms with Crippen LogP contribution in [0.1, 0.15) is 5.56 Å². The normalized spacial score (nSPS) is 8.93. The molecular formula is C9H9FNNaS2. The zero-order valence-corrected chi connectivity index (χ0v) is 11.6. The van der Waals surface area contributed by atoms with Gasteiger partial charge in [0.05, 0.1) is 0 Å². The van der Waals surface area contributed by atoms with E-state index in [2.05, 4.69) is 30.2 Å². The van der Waals surface area contributed by atoms with Gasteiger partial charge in [0.1, 0.15) is 5.82 Å². The van der Waals surface area contributed by atoms with Gasteiger partial charge in [-0.2, -0.15) is 0 Å². The van der Waals surface area contributed by atoms with Crippen molar-refractivity contribution in [2.24, 2.45) is 0 Å². The van der Waals surface area contributed by atoms with Crippen molar-refractivity contribution in [3.8, 4) is 0 Å². The van der Waals surface area contributed by atoms with Gasteiger partial charge in [0.25, 0.3) is 0 Å². The van der Waals surface area contributed by atoms with Gasteiger partial charge in [-0.1, -0.05) is 16.5 Å². The molecule has 5 heteroatoms. The third kappa shape index (κ3) is 5.88. The fraction of sp³-hybridized carbons (Fsp3) is 0.222. The number of rotatable bonds is 3. The Hall–Kier alpha value is 0.260. The first-order valence-corrected chi connectivity index (χ1v) is 4.69. The molecule has 0 aliphatic carbocycles. The second-order valence-corrected chi connectivity index (χ2v) is 3.67. The molecule has 0 atom stereocenters. The quantitative estimate of drug-likeness (QED) is 0.403. The van der Waals surface area contributed by atoms with Crippen LogP contribution in [-0.2, 0) is 19.0 Å². The van der Waals surface area contributed by atoms with Crippen LogP contribution < -0.4 is 34.9 Å². The number of hydrogen-bond donors (Lipinski definition) is 1. The van der Waals surface area contributed by atoms with Crippen LogP contribution in [0.25, 0.3) is 0 Å². The fourth-order valence-corrected chi connectivity index (χ4v) is 1.16. The number of halogens is 1. The molecule has 0 spiro atoms. The van der Waals surface area contributed by atoms with Gasteiger partial charge in [-0.05, 0) is 24.1 Å². The van der Waals surface area contributed by atoms with Crippen LogP contribution in [0.2, 0.25) is 0 Å². The topological polar surface area (TPSA) is 12.0 Å². The predicted octanol–water partition coefficient (Wildman–Crippen LogP) is -1.21. The molecule has 0 fully saturated rings. The van der Waals surface area contributed by atoms with Crippen molar-refractivity contribution >= 4 is 29.2 Å². The molecule has 0 aliphatic rings. The first kappa shape index (κ1) is 14.3. The van der Waals surface area contributed by atoms with E-state index in [4.69, 9.17) is 0 Å². The number of benzene rings is 1. The van der Waals surface area contributed by atoms with Crippen LogP contribution in [-0.4, -0.2) is 10.9 Å². The maximum absolute atomic E-state index is 12.5. The zero-order valence-electron chi connectivity index (χ0n) is 7.92. The Labute approximate surface area is 116 Å². The molecule has 14 heavy (non-hydrogen) atoms. The summed E-state index contributed by atoms with van der Waals surface area (Å²) in [6, 6.07) is 6.40. The van der Waals surface area contributed by atoms with Gasteiger partial charge in [-0.15, -0.1) is 0 Å². The van der Waals surface area contributed by atoms with Crippen LogP contribution in [0, 0.1) is 5.82 Å². The summed E-state index contributed by atoms with van der Waals surface area (Å²) in [6.07, 6.45) is 0.803. The van der Waals surface area contributed by atoms with Crippen molar-refractivity contribution < 1.29 is 33.9 Å². The summed E-state index contributed by atoms with van der Waals surface area (Å²) in [6.45, 7) is 0.702. The molecule has 0 aromatic heterocycles. The van der Waals surface area contributed by atoms with Crippen LogP contribution in [0.3, 0.4) is 0 Å². The molecule has 1 nitrogen and oxygen atoms in total. The minimum absolute atomic E-state index is 0. The summed E-state index contributed by atoms with van der Waals surface area (Å²) in [5.41, 5.74) is 1.07. The monoisotopic (exact) mass is 237 g/mol. The maximum atomic E-state index is 12.5. The van der Waals surface area contributed by atoms with Gasteiger partial charge in [0, 0.05) is 6.54 Å². The van der Waals surface area contributed by atoms with E-state index >= 15 is 0 Å². The van der Waals surface area contributed by atoms with Crippen molar-refractivity contribution in [2.75, 3.05) is 6.54 Å². The van der Waals surface area contributed by atoms with E-state index in [1.54, 1.807) is 12.1 Å². The Bertz CT molecular complexity index is 289. The molecule has 0 bridgehead atoms. The Balaban J connectivity index is 0.00000169. The summed E-state index contributed by atoms with van der Waals surface area (Å²) in [7, 11) is 0. The second kappa shape index (κ2) is 7.54. The van der Waals surface area contributed by atoms with Gasteiger partial charge in [0.2, 0.25) is 0 Å². The molecule has 0 amide bonds. The summed E-state index contributed by atoms with van der Waals surface area (Å²) in [5.74, 6) is -0.213. The van der Waals surface area contributed by atoms with Gasteiger partial charge in [0.15, 0.2) is 0 Å². The van der Waals surface area contributed by atoms with Crippen LogP contribution >= 0.6 is 12.2 Å². The molecule has 1 N–H and O–H groups in total. The first-order valence-electron chi connectivity index (χ1n) is 3.88. The van der Waals surface area contributed by atoms with Gasteiger partial charge < -0.3 is 30.2 Å². The molecule has 0 aliphatic heterocycles. The summed E-state index contributed by atoms with van der Waals surface area (Å²) in [5, 5.41) is 2.86. The van der Waals surface area contributed by atoms with Crippen molar-refractivity contribution in [2.45, 2.75) is 6.42 Å². The predicted molar refractivity (Wildman–Crippen MR) is 58.1 cm³/mol. The van der Waals surface area contributed by atoms with Gasteiger partial charge >= 0.3 is 29.6 Å². The van der Waals surface area contributed by atoms with Crippen LogP contribution in [0.5, 0.6) is 0 Å². The minimum atomic E-state index is -0.213. The Morgan fingerprint density at radius 2 is 1.93 bits per heavy atom. The zero-order chi connectivity index (χ0) is 9.68. The van der Waals surface area contributed by atoms with E-state index in [9.17, 15) is 4.39 Å². The minimum Gasteiger partial charge on any atom is -0.412 e. The van der Waals surface area contributed by atoms with Gasteiger partial charge in [-0.3, -0.25) is 0 Å². The largest absolute Gasteiger partial charge is 1.00 e. The molecule has 0 radical (unpaired) electrons. The summed E-state index contributed by atoms with van der Waals surface area (Å²) in [4.78, 5) is 0. The van der Waals surface area contributed by atoms with E-state index in [0.717, 1.165) is 12.0 Å². The van der Waals surface area contributed by atoms with Gasteiger partial charge in [-0.25, -0.2) is 4.39 Å².